The van der Waals surface area contributed by atoms with Gasteiger partial charge in [-0.25, -0.2) is 4.79 Å². The van der Waals surface area contributed by atoms with Crippen LogP contribution in [0.1, 0.15) is 30.1 Å². The van der Waals surface area contributed by atoms with Crippen LogP contribution in [0.3, 0.4) is 0 Å². The standard InChI is InChI=1S/C16H17Cl2N3O4/c1-9-19-15(25-21-9)4-2-3-14(22)20-13(16(23)24)7-10-5-11(17)8-12(18)6-10/h5-6,8,13H,2-4,7H2,1H3,(H,20,22)(H,23,24). The Hall–Kier alpha value is -2.12. The Morgan fingerprint density at radius 1 is 1.28 bits per heavy atom. The van der Waals surface area contributed by atoms with E-state index in [-0.39, 0.29) is 18.7 Å². The van der Waals surface area contributed by atoms with Crippen LogP contribution in [0.2, 0.25) is 10.0 Å². The predicted octanol–water partition coefficient (Wildman–Crippen LogP) is 2.82. The summed E-state index contributed by atoms with van der Waals surface area (Å²) in [6.45, 7) is 1.71. The quantitative estimate of drug-likeness (QED) is 0.723. The van der Waals surface area contributed by atoms with Gasteiger partial charge in [-0.1, -0.05) is 28.4 Å². The smallest absolute Gasteiger partial charge is 0.326 e. The molecule has 0 saturated heterocycles. The van der Waals surface area contributed by atoms with Crippen molar-refractivity contribution in [1.29, 1.82) is 0 Å². The van der Waals surface area contributed by atoms with Crippen molar-refractivity contribution in [2.24, 2.45) is 0 Å². The summed E-state index contributed by atoms with van der Waals surface area (Å²) in [6, 6.07) is 3.73. The second kappa shape index (κ2) is 8.82. The van der Waals surface area contributed by atoms with Crippen LogP contribution in [-0.4, -0.2) is 33.2 Å². The molecule has 1 heterocycles. The van der Waals surface area contributed by atoms with Crippen molar-refractivity contribution in [3.8, 4) is 0 Å². The molecule has 0 aliphatic carbocycles. The van der Waals surface area contributed by atoms with E-state index in [0.29, 0.717) is 40.2 Å². The first-order valence-corrected chi connectivity index (χ1v) is 8.35. The molecule has 0 spiro atoms. The highest BCUT2D eigenvalue weighted by atomic mass is 35.5. The molecule has 0 bridgehead atoms. The van der Waals surface area contributed by atoms with Crippen molar-refractivity contribution in [3.05, 3.63) is 45.5 Å². The van der Waals surface area contributed by atoms with E-state index in [1.54, 1.807) is 25.1 Å². The van der Waals surface area contributed by atoms with Gasteiger partial charge in [0.25, 0.3) is 0 Å². The average Bonchev–Trinajstić information content (AvgIpc) is 2.91. The number of carboxylic acid groups (broad SMARTS) is 1. The highest BCUT2D eigenvalue weighted by Crippen LogP contribution is 2.20. The lowest BCUT2D eigenvalue weighted by molar-refractivity contribution is -0.141. The number of amides is 1. The predicted molar refractivity (Wildman–Crippen MR) is 91.7 cm³/mol. The monoisotopic (exact) mass is 385 g/mol. The van der Waals surface area contributed by atoms with Gasteiger partial charge >= 0.3 is 5.97 Å². The maximum atomic E-state index is 12.0. The Kier molecular flexibility index (Phi) is 6.78. The first-order valence-electron chi connectivity index (χ1n) is 7.60. The molecule has 2 N–H and O–H groups in total. The molecule has 2 aromatic rings. The molecule has 134 valence electrons. The van der Waals surface area contributed by atoms with Gasteiger partial charge in [0.05, 0.1) is 0 Å². The molecule has 0 radical (unpaired) electrons. The van der Waals surface area contributed by atoms with Gasteiger partial charge in [0, 0.05) is 29.3 Å². The third kappa shape index (κ3) is 6.36. The van der Waals surface area contributed by atoms with E-state index >= 15 is 0 Å². The molecular formula is C16H17Cl2N3O4. The van der Waals surface area contributed by atoms with Crippen LogP contribution in [0, 0.1) is 6.92 Å². The van der Waals surface area contributed by atoms with Crippen LogP contribution < -0.4 is 5.32 Å². The molecule has 2 rings (SSSR count). The van der Waals surface area contributed by atoms with Gasteiger partial charge in [-0.2, -0.15) is 4.98 Å². The van der Waals surface area contributed by atoms with Gasteiger partial charge in [-0.3, -0.25) is 4.79 Å². The fourth-order valence-electron chi connectivity index (χ4n) is 2.27. The largest absolute Gasteiger partial charge is 0.480 e. The lowest BCUT2D eigenvalue weighted by Crippen LogP contribution is -2.42. The maximum Gasteiger partial charge on any atom is 0.326 e. The molecular weight excluding hydrogens is 369 g/mol. The number of benzene rings is 1. The lowest BCUT2D eigenvalue weighted by Gasteiger charge is -2.15. The number of carboxylic acids is 1. The van der Waals surface area contributed by atoms with Crippen LogP contribution >= 0.6 is 23.2 Å². The minimum Gasteiger partial charge on any atom is -0.480 e. The molecule has 25 heavy (non-hydrogen) atoms. The number of hydrogen-bond donors (Lipinski definition) is 2. The number of hydrogen-bond acceptors (Lipinski definition) is 5. The van der Waals surface area contributed by atoms with Crippen molar-refractivity contribution in [2.45, 2.75) is 38.6 Å². The molecule has 0 aliphatic heterocycles. The lowest BCUT2D eigenvalue weighted by atomic mass is 10.1. The van der Waals surface area contributed by atoms with Crippen LogP contribution in [0.25, 0.3) is 0 Å². The number of halogens is 2. The molecule has 1 unspecified atom stereocenters. The van der Waals surface area contributed by atoms with E-state index in [4.69, 9.17) is 27.7 Å². The second-order valence-corrected chi connectivity index (χ2v) is 6.40. The number of aryl methyl sites for hydroxylation is 2. The average molecular weight is 386 g/mol. The molecule has 0 aliphatic rings. The molecule has 1 aromatic heterocycles. The minimum absolute atomic E-state index is 0.0875. The summed E-state index contributed by atoms with van der Waals surface area (Å²) in [5, 5.41) is 16.3. The fourth-order valence-corrected chi connectivity index (χ4v) is 2.84. The molecule has 1 amide bonds. The van der Waals surface area contributed by atoms with Crippen molar-refractivity contribution < 1.29 is 19.2 Å². The van der Waals surface area contributed by atoms with Gasteiger partial charge in [-0.15, -0.1) is 0 Å². The first-order chi connectivity index (χ1) is 11.8. The zero-order valence-corrected chi connectivity index (χ0v) is 15.0. The fraction of sp³-hybridized carbons (Fsp3) is 0.375. The van der Waals surface area contributed by atoms with E-state index < -0.39 is 12.0 Å². The Bertz CT molecular complexity index is 743. The Morgan fingerprint density at radius 3 is 2.52 bits per heavy atom. The summed E-state index contributed by atoms with van der Waals surface area (Å²) in [6.07, 6.45) is 1.17. The SMILES string of the molecule is Cc1noc(CCCC(=O)NC(Cc2cc(Cl)cc(Cl)c2)C(=O)O)n1. The van der Waals surface area contributed by atoms with Crippen LogP contribution in [0.5, 0.6) is 0 Å². The van der Waals surface area contributed by atoms with E-state index in [1.165, 1.54) is 0 Å². The zero-order chi connectivity index (χ0) is 18.4. The normalized spacial score (nSPS) is 12.0. The molecule has 7 nitrogen and oxygen atoms in total. The number of rotatable bonds is 8. The van der Waals surface area contributed by atoms with Crippen molar-refractivity contribution in [3.63, 3.8) is 0 Å². The van der Waals surface area contributed by atoms with E-state index in [2.05, 4.69) is 15.5 Å². The summed E-state index contributed by atoms with van der Waals surface area (Å²) in [4.78, 5) is 27.4. The highest BCUT2D eigenvalue weighted by Gasteiger charge is 2.20. The summed E-state index contributed by atoms with van der Waals surface area (Å²) in [5.74, 6) is -0.507. The van der Waals surface area contributed by atoms with E-state index in [9.17, 15) is 14.7 Å². The number of aliphatic carboxylic acids is 1. The van der Waals surface area contributed by atoms with Gasteiger partial charge < -0.3 is 14.9 Å². The topological polar surface area (TPSA) is 105 Å². The zero-order valence-electron chi connectivity index (χ0n) is 13.5. The van der Waals surface area contributed by atoms with Crippen molar-refractivity contribution >= 4 is 35.1 Å². The third-order valence-corrected chi connectivity index (χ3v) is 3.80. The van der Waals surface area contributed by atoms with E-state index in [0.717, 1.165) is 0 Å². The molecule has 0 saturated carbocycles. The minimum atomic E-state index is -1.13. The Labute approximate surface area is 154 Å². The number of carbonyl (C=O) groups excluding carboxylic acids is 1. The number of nitrogens with one attached hydrogen (secondary N) is 1. The molecule has 0 fully saturated rings. The molecule has 9 heteroatoms. The Balaban J connectivity index is 1.87. The van der Waals surface area contributed by atoms with Gasteiger partial charge in [0.1, 0.15) is 6.04 Å². The Morgan fingerprint density at radius 2 is 1.96 bits per heavy atom. The third-order valence-electron chi connectivity index (χ3n) is 3.36. The van der Waals surface area contributed by atoms with Crippen LogP contribution in [-0.2, 0) is 22.4 Å². The van der Waals surface area contributed by atoms with Crippen molar-refractivity contribution in [2.75, 3.05) is 0 Å². The van der Waals surface area contributed by atoms with Crippen LogP contribution in [0.15, 0.2) is 22.7 Å². The van der Waals surface area contributed by atoms with E-state index in [1.807, 2.05) is 0 Å². The van der Waals surface area contributed by atoms with Crippen LogP contribution in [0.4, 0.5) is 0 Å². The van der Waals surface area contributed by atoms with Gasteiger partial charge in [0.15, 0.2) is 5.82 Å². The van der Waals surface area contributed by atoms with Gasteiger partial charge in [0.2, 0.25) is 11.8 Å². The summed E-state index contributed by atoms with van der Waals surface area (Å²) >= 11 is 11.8. The van der Waals surface area contributed by atoms with Gasteiger partial charge in [-0.05, 0) is 37.1 Å². The number of aromatic nitrogens is 2. The number of nitrogens with zero attached hydrogens (tertiary/aromatic N) is 2. The first kappa shape index (κ1) is 19.2. The second-order valence-electron chi connectivity index (χ2n) is 5.53. The maximum absolute atomic E-state index is 12.0. The molecule has 1 atom stereocenters. The summed E-state index contributed by atoms with van der Waals surface area (Å²) < 4.78 is 4.95. The summed E-state index contributed by atoms with van der Waals surface area (Å²) in [7, 11) is 0. The number of carbonyl (C=O) groups is 2. The highest BCUT2D eigenvalue weighted by molar-refractivity contribution is 6.34. The van der Waals surface area contributed by atoms with Crippen molar-refractivity contribution in [1.82, 2.24) is 15.5 Å². The molecule has 1 aromatic carbocycles. The summed E-state index contributed by atoms with van der Waals surface area (Å²) in [5.41, 5.74) is 0.631.